The first-order valence-corrected chi connectivity index (χ1v) is 5.22. The summed E-state index contributed by atoms with van der Waals surface area (Å²) in [5.41, 5.74) is -0.987. The van der Waals surface area contributed by atoms with Gasteiger partial charge in [0, 0.05) is 13.1 Å². The van der Waals surface area contributed by atoms with Gasteiger partial charge in [-0.25, -0.2) is 0 Å². The number of hydrogen-bond donors (Lipinski definition) is 2. The zero-order valence-electron chi connectivity index (χ0n) is 8.70. The lowest BCUT2D eigenvalue weighted by atomic mass is 9.99. The molecule has 82 valence electrons. The van der Waals surface area contributed by atoms with Crippen LogP contribution in [0.2, 0.25) is 0 Å². The van der Waals surface area contributed by atoms with Crippen LogP contribution in [0.4, 0.5) is 0 Å². The monoisotopic (exact) mass is 201 g/mol. The summed E-state index contributed by atoms with van der Waals surface area (Å²) >= 11 is 0. The third kappa shape index (κ3) is 3.27. The molecule has 0 aromatic rings. The average Bonchev–Trinajstić information content (AvgIpc) is 2.42. The maximum atomic E-state index is 10.5. The molecule has 1 saturated heterocycles. The van der Waals surface area contributed by atoms with E-state index in [1.165, 1.54) is 0 Å². The molecule has 0 bridgehead atoms. The van der Waals surface area contributed by atoms with Crippen molar-refractivity contribution in [2.75, 3.05) is 19.6 Å². The van der Waals surface area contributed by atoms with Crippen LogP contribution in [0.5, 0.6) is 0 Å². The zero-order valence-corrected chi connectivity index (χ0v) is 8.70. The minimum Gasteiger partial charge on any atom is -0.481 e. The third-order valence-electron chi connectivity index (χ3n) is 2.72. The van der Waals surface area contributed by atoms with Crippen LogP contribution >= 0.6 is 0 Å². The second-order valence-corrected chi connectivity index (χ2v) is 4.17. The molecule has 0 radical (unpaired) electrons. The Hall–Kier alpha value is -0.610. The Labute approximate surface area is 84.5 Å². The van der Waals surface area contributed by atoms with Gasteiger partial charge in [0.15, 0.2) is 0 Å². The molecule has 1 fully saturated rings. The van der Waals surface area contributed by atoms with Gasteiger partial charge >= 0.3 is 5.97 Å². The predicted octanol–water partition coefficient (Wildman–Crippen LogP) is 0.698. The Morgan fingerprint density at radius 1 is 1.57 bits per heavy atom. The van der Waals surface area contributed by atoms with Crippen LogP contribution in [0.15, 0.2) is 0 Å². The van der Waals surface area contributed by atoms with Gasteiger partial charge in [0.25, 0.3) is 0 Å². The molecule has 0 aromatic carbocycles. The third-order valence-corrected chi connectivity index (χ3v) is 2.72. The Morgan fingerprint density at radius 3 is 2.86 bits per heavy atom. The van der Waals surface area contributed by atoms with Crippen LogP contribution in [0, 0.1) is 0 Å². The number of carbonyl (C=O) groups is 1. The molecule has 1 atom stereocenters. The summed E-state index contributed by atoms with van der Waals surface area (Å²) < 4.78 is 0. The lowest BCUT2D eigenvalue weighted by Crippen LogP contribution is -2.35. The fraction of sp³-hybridized carbons (Fsp3) is 0.900. The number of β-amino-alcohol motifs (C(OH)–C–C–N with tert-alkyl or cyclic N) is 1. The van der Waals surface area contributed by atoms with Gasteiger partial charge in [-0.1, -0.05) is 13.3 Å². The Bertz CT molecular complexity index is 208. The van der Waals surface area contributed by atoms with Crippen molar-refractivity contribution in [3.8, 4) is 0 Å². The number of aliphatic hydroxyl groups is 1. The number of likely N-dealkylation sites (tertiary alicyclic amines) is 1. The van der Waals surface area contributed by atoms with E-state index in [0.717, 1.165) is 25.9 Å². The molecule has 1 aliphatic heterocycles. The molecule has 0 aliphatic carbocycles. The number of rotatable bonds is 5. The number of aliphatic carboxylic acids is 1. The van der Waals surface area contributed by atoms with Crippen molar-refractivity contribution in [3.63, 3.8) is 0 Å². The van der Waals surface area contributed by atoms with Crippen LogP contribution in [0.1, 0.15) is 32.6 Å². The highest BCUT2D eigenvalue weighted by Gasteiger charge is 2.37. The highest BCUT2D eigenvalue weighted by atomic mass is 16.4. The van der Waals surface area contributed by atoms with E-state index in [4.69, 9.17) is 5.11 Å². The van der Waals surface area contributed by atoms with Crippen LogP contribution in [-0.2, 0) is 4.79 Å². The van der Waals surface area contributed by atoms with Gasteiger partial charge in [-0.3, -0.25) is 4.79 Å². The summed E-state index contributed by atoms with van der Waals surface area (Å²) in [5, 5.41) is 18.5. The summed E-state index contributed by atoms with van der Waals surface area (Å²) in [7, 11) is 0. The molecule has 4 nitrogen and oxygen atoms in total. The van der Waals surface area contributed by atoms with Gasteiger partial charge < -0.3 is 15.1 Å². The van der Waals surface area contributed by atoms with Crippen molar-refractivity contribution >= 4 is 5.97 Å². The molecule has 2 N–H and O–H groups in total. The van der Waals surface area contributed by atoms with E-state index in [-0.39, 0.29) is 6.42 Å². The van der Waals surface area contributed by atoms with Crippen molar-refractivity contribution < 1.29 is 15.0 Å². The molecule has 1 heterocycles. The smallest absolute Gasteiger partial charge is 0.306 e. The summed E-state index contributed by atoms with van der Waals surface area (Å²) in [4.78, 5) is 12.6. The van der Waals surface area contributed by atoms with Gasteiger partial charge in [-0.2, -0.15) is 0 Å². The second-order valence-electron chi connectivity index (χ2n) is 4.17. The SMILES string of the molecule is CCCCN1CCC(O)(CC(=O)O)C1. The second kappa shape index (κ2) is 4.75. The van der Waals surface area contributed by atoms with E-state index in [2.05, 4.69) is 11.8 Å². The lowest BCUT2D eigenvalue weighted by Gasteiger charge is -2.21. The van der Waals surface area contributed by atoms with E-state index < -0.39 is 11.6 Å². The molecule has 0 saturated carbocycles. The van der Waals surface area contributed by atoms with Crippen molar-refractivity contribution in [3.05, 3.63) is 0 Å². The molecule has 0 aromatic heterocycles. The van der Waals surface area contributed by atoms with Gasteiger partial charge in [-0.15, -0.1) is 0 Å². The molecule has 1 aliphatic rings. The highest BCUT2D eigenvalue weighted by molar-refractivity contribution is 5.68. The topological polar surface area (TPSA) is 60.8 Å². The van der Waals surface area contributed by atoms with Crippen LogP contribution in [0.3, 0.4) is 0 Å². The molecule has 0 amide bonds. The fourth-order valence-corrected chi connectivity index (χ4v) is 1.94. The lowest BCUT2D eigenvalue weighted by molar-refractivity contribution is -0.142. The van der Waals surface area contributed by atoms with E-state index in [0.29, 0.717) is 13.0 Å². The van der Waals surface area contributed by atoms with Crippen molar-refractivity contribution in [2.45, 2.75) is 38.2 Å². The van der Waals surface area contributed by atoms with Gasteiger partial charge in [0.2, 0.25) is 0 Å². The first-order chi connectivity index (χ1) is 6.56. The highest BCUT2D eigenvalue weighted by Crippen LogP contribution is 2.24. The molecule has 1 rings (SSSR count). The fourth-order valence-electron chi connectivity index (χ4n) is 1.94. The Morgan fingerprint density at radius 2 is 2.29 bits per heavy atom. The molecular formula is C10H19NO3. The molecular weight excluding hydrogens is 182 g/mol. The number of hydrogen-bond acceptors (Lipinski definition) is 3. The van der Waals surface area contributed by atoms with Crippen LogP contribution < -0.4 is 0 Å². The summed E-state index contributed by atoms with van der Waals surface area (Å²) in [6.07, 6.45) is 2.70. The first kappa shape index (κ1) is 11.5. The molecule has 14 heavy (non-hydrogen) atoms. The number of carboxylic acid groups (broad SMARTS) is 1. The van der Waals surface area contributed by atoms with Crippen molar-refractivity contribution in [1.29, 1.82) is 0 Å². The number of carboxylic acids is 1. The Kier molecular flexibility index (Phi) is 3.89. The summed E-state index contributed by atoms with van der Waals surface area (Å²) in [5.74, 6) is -0.912. The van der Waals surface area contributed by atoms with Crippen molar-refractivity contribution in [1.82, 2.24) is 4.90 Å². The van der Waals surface area contributed by atoms with Gasteiger partial charge in [0.05, 0.1) is 12.0 Å². The Balaban J connectivity index is 2.34. The van der Waals surface area contributed by atoms with Gasteiger partial charge in [0.1, 0.15) is 0 Å². The normalized spacial score (nSPS) is 28.1. The van der Waals surface area contributed by atoms with E-state index >= 15 is 0 Å². The van der Waals surface area contributed by atoms with E-state index in [9.17, 15) is 9.90 Å². The number of nitrogens with zero attached hydrogens (tertiary/aromatic N) is 1. The molecule has 1 unspecified atom stereocenters. The predicted molar refractivity (Wildman–Crippen MR) is 53.2 cm³/mol. The van der Waals surface area contributed by atoms with Crippen molar-refractivity contribution in [2.24, 2.45) is 0 Å². The van der Waals surface area contributed by atoms with E-state index in [1.807, 2.05) is 0 Å². The summed E-state index contributed by atoms with van der Waals surface area (Å²) in [6, 6.07) is 0. The minimum absolute atomic E-state index is 0.129. The quantitative estimate of drug-likeness (QED) is 0.687. The maximum Gasteiger partial charge on any atom is 0.306 e. The zero-order chi connectivity index (χ0) is 10.6. The summed E-state index contributed by atoms with van der Waals surface area (Å²) in [6.45, 7) is 4.43. The molecule has 0 spiro atoms. The average molecular weight is 201 g/mol. The van der Waals surface area contributed by atoms with Crippen LogP contribution in [-0.4, -0.2) is 46.3 Å². The van der Waals surface area contributed by atoms with Gasteiger partial charge in [-0.05, 0) is 19.4 Å². The number of unbranched alkanes of at least 4 members (excludes halogenated alkanes) is 1. The standard InChI is InChI=1S/C10H19NO3/c1-2-3-5-11-6-4-10(14,8-11)7-9(12)13/h14H,2-8H2,1H3,(H,12,13). The van der Waals surface area contributed by atoms with E-state index in [1.54, 1.807) is 0 Å². The van der Waals surface area contributed by atoms with Crippen LogP contribution in [0.25, 0.3) is 0 Å². The minimum atomic E-state index is -0.987. The maximum absolute atomic E-state index is 10.5. The largest absolute Gasteiger partial charge is 0.481 e. The first-order valence-electron chi connectivity index (χ1n) is 5.22. The molecule has 4 heteroatoms.